The Hall–Kier alpha value is -3.88. The fourth-order valence-corrected chi connectivity index (χ4v) is 6.03. The summed E-state index contributed by atoms with van der Waals surface area (Å²) < 4.78 is 42.9. The number of hydrogen-bond donors (Lipinski definition) is 0. The maximum atomic E-state index is 14.6. The van der Waals surface area contributed by atoms with E-state index >= 15 is 0 Å². The summed E-state index contributed by atoms with van der Waals surface area (Å²) in [5.74, 6) is -0.984. The number of allylic oxidation sites excluding steroid dienone is 3. The van der Waals surface area contributed by atoms with Gasteiger partial charge in [0.2, 0.25) is 0 Å². The van der Waals surface area contributed by atoms with Gasteiger partial charge in [-0.05, 0) is 66.2 Å². The molecule has 6 nitrogen and oxygen atoms in total. The van der Waals surface area contributed by atoms with Gasteiger partial charge in [0.25, 0.3) is 15.9 Å². The predicted molar refractivity (Wildman–Crippen MR) is 154 cm³/mol. The molecular weight excluding hydrogens is 537 g/mol. The van der Waals surface area contributed by atoms with Crippen LogP contribution in [-0.2, 0) is 16.6 Å². The first-order valence-electron chi connectivity index (χ1n) is 12.4. The molecule has 1 heterocycles. The number of piperazine rings is 1. The minimum Gasteiger partial charge on any atom is -0.368 e. The van der Waals surface area contributed by atoms with Gasteiger partial charge in [-0.1, -0.05) is 55.1 Å². The van der Waals surface area contributed by atoms with Crippen LogP contribution in [0, 0.1) is 5.82 Å². The maximum absolute atomic E-state index is 14.6. The van der Waals surface area contributed by atoms with Crippen LogP contribution in [-0.4, -0.2) is 50.3 Å². The van der Waals surface area contributed by atoms with Gasteiger partial charge in [-0.3, -0.25) is 9.10 Å². The fourth-order valence-electron chi connectivity index (χ4n) is 4.39. The second-order valence-corrected chi connectivity index (χ2v) is 11.2. The number of benzene rings is 3. The van der Waals surface area contributed by atoms with E-state index in [1.165, 1.54) is 18.2 Å². The number of hydrogen-bond acceptors (Lipinski definition) is 4. The molecule has 0 radical (unpaired) electrons. The lowest BCUT2D eigenvalue weighted by Crippen LogP contribution is -2.48. The summed E-state index contributed by atoms with van der Waals surface area (Å²) in [6.07, 6.45) is 5.36. The molecule has 39 heavy (non-hydrogen) atoms. The van der Waals surface area contributed by atoms with Crippen molar-refractivity contribution in [2.75, 3.05) is 30.5 Å². The number of amides is 1. The quantitative estimate of drug-likeness (QED) is 0.304. The lowest BCUT2D eigenvalue weighted by molar-refractivity contribution is 0.0672. The highest BCUT2D eigenvalue weighted by Crippen LogP contribution is 2.28. The molecule has 9 heteroatoms. The number of sulfonamides is 1. The van der Waals surface area contributed by atoms with Crippen molar-refractivity contribution in [3.05, 3.63) is 132 Å². The van der Waals surface area contributed by atoms with Crippen molar-refractivity contribution >= 4 is 33.2 Å². The zero-order valence-electron chi connectivity index (χ0n) is 21.3. The SMILES string of the molecule is C=C/C=C(\C=C)N1CCN(C(=O)c2ccc(N(Cc3ccc(Cl)cc3)S(=O)(=O)c3ccccc3F)cc2)CC1. The summed E-state index contributed by atoms with van der Waals surface area (Å²) in [4.78, 5) is 16.7. The highest BCUT2D eigenvalue weighted by atomic mass is 35.5. The molecule has 0 atom stereocenters. The molecule has 0 saturated carbocycles. The number of nitrogens with zero attached hydrogens (tertiary/aromatic N) is 3. The van der Waals surface area contributed by atoms with E-state index in [1.54, 1.807) is 65.6 Å². The fraction of sp³-hybridized carbons (Fsp3) is 0.167. The molecule has 3 aromatic rings. The zero-order valence-corrected chi connectivity index (χ0v) is 22.9. The van der Waals surface area contributed by atoms with Crippen molar-refractivity contribution in [2.45, 2.75) is 11.4 Å². The maximum Gasteiger partial charge on any atom is 0.267 e. The summed E-state index contributed by atoms with van der Waals surface area (Å²) in [7, 11) is -4.26. The van der Waals surface area contributed by atoms with Gasteiger partial charge in [0.1, 0.15) is 10.7 Å². The second kappa shape index (κ2) is 12.3. The third kappa shape index (κ3) is 6.41. The van der Waals surface area contributed by atoms with Gasteiger partial charge in [0, 0.05) is 42.5 Å². The van der Waals surface area contributed by atoms with Gasteiger partial charge in [0.05, 0.1) is 12.2 Å². The van der Waals surface area contributed by atoms with Crippen molar-refractivity contribution in [2.24, 2.45) is 0 Å². The number of carbonyl (C=O) groups excluding carboxylic acids is 1. The first-order chi connectivity index (χ1) is 18.7. The summed E-state index contributed by atoms with van der Waals surface area (Å²) in [6, 6.07) is 18.4. The Morgan fingerprint density at radius 3 is 2.13 bits per heavy atom. The van der Waals surface area contributed by atoms with E-state index in [9.17, 15) is 17.6 Å². The highest BCUT2D eigenvalue weighted by Gasteiger charge is 2.29. The van der Waals surface area contributed by atoms with Crippen molar-refractivity contribution in [3.63, 3.8) is 0 Å². The van der Waals surface area contributed by atoms with Gasteiger partial charge < -0.3 is 9.80 Å². The normalized spacial score (nSPS) is 14.2. The summed E-state index contributed by atoms with van der Waals surface area (Å²) in [5, 5.41) is 0.517. The van der Waals surface area contributed by atoms with Crippen LogP contribution in [0.2, 0.25) is 5.02 Å². The van der Waals surface area contributed by atoms with Crippen LogP contribution in [0.1, 0.15) is 15.9 Å². The number of halogens is 2. The van der Waals surface area contributed by atoms with E-state index in [2.05, 4.69) is 18.1 Å². The first-order valence-corrected chi connectivity index (χ1v) is 14.2. The van der Waals surface area contributed by atoms with Crippen LogP contribution in [0.4, 0.5) is 10.1 Å². The molecule has 1 aliphatic heterocycles. The third-order valence-electron chi connectivity index (χ3n) is 6.48. The van der Waals surface area contributed by atoms with E-state index < -0.39 is 20.7 Å². The molecule has 1 aliphatic rings. The average Bonchev–Trinajstić information content (AvgIpc) is 2.95. The van der Waals surface area contributed by atoms with E-state index in [4.69, 9.17) is 11.6 Å². The van der Waals surface area contributed by atoms with Crippen LogP contribution in [0.15, 0.2) is 115 Å². The minimum atomic E-state index is -4.26. The Morgan fingerprint density at radius 1 is 0.923 bits per heavy atom. The molecule has 1 amide bonds. The average molecular weight is 566 g/mol. The number of carbonyl (C=O) groups is 1. The molecule has 4 rings (SSSR count). The van der Waals surface area contributed by atoms with Crippen LogP contribution in [0.5, 0.6) is 0 Å². The standard InChI is InChI=1S/C30H29ClFN3O3S/c1-3-7-26(4-2)33-18-20-34(21-19-33)30(36)24-12-16-27(17-13-24)35(22-23-10-14-25(31)15-11-23)39(37,38)29-9-6-5-8-28(29)32/h3-17H,1-2,18-22H2/b26-7+. The monoisotopic (exact) mass is 565 g/mol. The molecule has 0 N–H and O–H groups in total. The van der Waals surface area contributed by atoms with Gasteiger partial charge in [-0.15, -0.1) is 0 Å². The third-order valence-corrected chi connectivity index (χ3v) is 8.54. The highest BCUT2D eigenvalue weighted by molar-refractivity contribution is 7.92. The van der Waals surface area contributed by atoms with E-state index in [1.807, 2.05) is 6.08 Å². The Kier molecular flexibility index (Phi) is 8.89. The largest absolute Gasteiger partial charge is 0.368 e. The van der Waals surface area contributed by atoms with Gasteiger partial charge in [0.15, 0.2) is 0 Å². The minimum absolute atomic E-state index is 0.0487. The first kappa shape index (κ1) is 28.1. The Balaban J connectivity index is 1.58. The lowest BCUT2D eigenvalue weighted by atomic mass is 10.1. The van der Waals surface area contributed by atoms with Gasteiger partial charge in [-0.25, -0.2) is 12.8 Å². The van der Waals surface area contributed by atoms with Crippen molar-refractivity contribution in [3.8, 4) is 0 Å². The molecule has 202 valence electrons. The molecular formula is C30H29ClFN3O3S. The predicted octanol–water partition coefficient (Wildman–Crippen LogP) is 5.89. The molecule has 0 bridgehead atoms. The molecule has 1 saturated heterocycles. The van der Waals surface area contributed by atoms with Crippen LogP contribution in [0.3, 0.4) is 0 Å². The van der Waals surface area contributed by atoms with E-state index in [0.29, 0.717) is 48.0 Å². The summed E-state index contributed by atoms with van der Waals surface area (Å²) in [5.41, 5.74) is 2.37. The van der Waals surface area contributed by atoms with Crippen LogP contribution >= 0.6 is 11.6 Å². The smallest absolute Gasteiger partial charge is 0.267 e. The molecule has 0 spiro atoms. The van der Waals surface area contributed by atoms with E-state index in [0.717, 1.165) is 16.1 Å². The van der Waals surface area contributed by atoms with Crippen molar-refractivity contribution in [1.29, 1.82) is 0 Å². The van der Waals surface area contributed by atoms with Gasteiger partial charge in [-0.2, -0.15) is 0 Å². The topological polar surface area (TPSA) is 60.9 Å². The Morgan fingerprint density at radius 2 is 1.54 bits per heavy atom. The zero-order chi connectivity index (χ0) is 28.0. The second-order valence-electron chi connectivity index (χ2n) is 8.93. The molecule has 0 aromatic heterocycles. The number of rotatable bonds is 9. The lowest BCUT2D eigenvalue weighted by Gasteiger charge is -2.36. The van der Waals surface area contributed by atoms with Crippen LogP contribution < -0.4 is 4.31 Å². The number of anilines is 1. The molecule has 0 unspecified atom stereocenters. The van der Waals surface area contributed by atoms with Crippen molar-refractivity contribution < 1.29 is 17.6 Å². The van der Waals surface area contributed by atoms with Crippen LogP contribution in [0.25, 0.3) is 0 Å². The Bertz CT molecular complexity index is 1480. The molecule has 1 fully saturated rings. The van der Waals surface area contributed by atoms with Crippen molar-refractivity contribution in [1.82, 2.24) is 9.80 Å². The van der Waals surface area contributed by atoms with E-state index in [-0.39, 0.29) is 12.5 Å². The Labute approximate surface area is 234 Å². The molecule has 0 aliphatic carbocycles. The summed E-state index contributed by atoms with van der Waals surface area (Å²) >= 11 is 6.00. The molecule has 3 aromatic carbocycles. The van der Waals surface area contributed by atoms with Gasteiger partial charge >= 0.3 is 0 Å². The summed E-state index contributed by atoms with van der Waals surface area (Å²) in [6.45, 7) is 9.90.